The molecule has 12 nitrogen and oxygen atoms in total. The van der Waals surface area contributed by atoms with E-state index in [1.54, 1.807) is 24.3 Å². The van der Waals surface area contributed by atoms with Crippen LogP contribution in [-0.2, 0) is 20.8 Å². The largest absolute Gasteiger partial charge is 0.465 e. The SMILES string of the molecule is CSc1ccc(S(=O)(=O)C[C@@H]2CCCC[C@@H]2NC(=O)CNC(=O)c2cc(C(F)(F)F)ccc2NC(=O)N2CCN(C(=O)O)CC2)cc1. The molecule has 0 aromatic heterocycles. The summed E-state index contributed by atoms with van der Waals surface area (Å²) in [5.41, 5.74) is -1.90. The van der Waals surface area contributed by atoms with E-state index < -0.39 is 63.7 Å². The zero-order valence-electron chi connectivity index (χ0n) is 25.5. The third kappa shape index (κ3) is 9.53. The number of hydrogen-bond acceptors (Lipinski definition) is 7. The number of amides is 5. The lowest BCUT2D eigenvalue weighted by atomic mass is 9.86. The van der Waals surface area contributed by atoms with E-state index in [-0.39, 0.29) is 48.4 Å². The molecule has 2 aliphatic rings. The number of nitrogens with zero attached hydrogens (tertiary/aromatic N) is 2. The summed E-state index contributed by atoms with van der Waals surface area (Å²) in [5, 5.41) is 16.6. The fourth-order valence-corrected chi connectivity index (χ4v) is 7.70. The molecule has 1 heterocycles. The lowest BCUT2D eigenvalue weighted by Gasteiger charge is -2.33. The number of thioether (sulfide) groups is 1. The maximum absolute atomic E-state index is 13.5. The predicted octanol–water partition coefficient (Wildman–Crippen LogP) is 4.13. The van der Waals surface area contributed by atoms with E-state index in [9.17, 15) is 40.8 Å². The van der Waals surface area contributed by atoms with E-state index in [0.717, 1.165) is 28.7 Å². The summed E-state index contributed by atoms with van der Waals surface area (Å²) in [4.78, 5) is 53.4. The van der Waals surface area contributed by atoms with Crippen LogP contribution in [0, 0.1) is 5.92 Å². The van der Waals surface area contributed by atoms with Crippen LogP contribution in [0.4, 0.5) is 28.4 Å². The van der Waals surface area contributed by atoms with Crippen LogP contribution in [0.2, 0.25) is 0 Å². The Morgan fingerprint density at radius 2 is 1.60 bits per heavy atom. The van der Waals surface area contributed by atoms with Crippen molar-refractivity contribution in [1.29, 1.82) is 0 Å². The number of rotatable bonds is 9. The van der Waals surface area contributed by atoms with Gasteiger partial charge in [-0.1, -0.05) is 12.8 Å². The van der Waals surface area contributed by atoms with Crippen LogP contribution in [0.25, 0.3) is 0 Å². The fourth-order valence-electron chi connectivity index (χ4n) is 5.58. The summed E-state index contributed by atoms with van der Waals surface area (Å²) in [6.45, 7) is -0.456. The second-order valence-corrected chi connectivity index (χ2v) is 14.2. The van der Waals surface area contributed by atoms with Crippen LogP contribution in [-0.4, -0.2) is 98.0 Å². The van der Waals surface area contributed by atoms with Crippen LogP contribution >= 0.6 is 11.8 Å². The number of hydrogen-bond donors (Lipinski definition) is 4. The lowest BCUT2D eigenvalue weighted by molar-refractivity contribution is -0.137. The Morgan fingerprint density at radius 3 is 2.21 bits per heavy atom. The maximum atomic E-state index is 13.5. The molecule has 1 saturated heterocycles. The molecule has 0 radical (unpaired) electrons. The van der Waals surface area contributed by atoms with Crippen molar-refractivity contribution in [2.24, 2.45) is 5.92 Å². The smallest absolute Gasteiger partial charge is 0.416 e. The second-order valence-electron chi connectivity index (χ2n) is 11.3. The summed E-state index contributed by atoms with van der Waals surface area (Å²) in [5.74, 6) is -2.25. The van der Waals surface area contributed by atoms with Gasteiger partial charge in [0.05, 0.1) is 34.0 Å². The van der Waals surface area contributed by atoms with Gasteiger partial charge in [0.25, 0.3) is 5.91 Å². The molecule has 0 unspecified atom stereocenters. The minimum atomic E-state index is -4.80. The molecule has 1 saturated carbocycles. The minimum Gasteiger partial charge on any atom is -0.465 e. The molecule has 1 aliphatic carbocycles. The van der Waals surface area contributed by atoms with Crippen LogP contribution in [0.5, 0.6) is 0 Å². The van der Waals surface area contributed by atoms with Crippen molar-refractivity contribution in [3.05, 3.63) is 53.6 Å². The number of benzene rings is 2. The average Bonchev–Trinajstić information content (AvgIpc) is 3.04. The van der Waals surface area contributed by atoms with E-state index in [2.05, 4.69) is 16.0 Å². The van der Waals surface area contributed by atoms with Gasteiger partial charge in [-0.25, -0.2) is 18.0 Å². The zero-order chi connectivity index (χ0) is 34.4. The number of urea groups is 1. The topological polar surface area (TPSA) is 165 Å². The van der Waals surface area contributed by atoms with E-state index >= 15 is 0 Å². The Bertz CT molecular complexity index is 1580. The van der Waals surface area contributed by atoms with Crippen molar-refractivity contribution in [1.82, 2.24) is 20.4 Å². The number of piperazine rings is 1. The van der Waals surface area contributed by atoms with Crippen molar-refractivity contribution in [2.75, 3.05) is 50.0 Å². The third-order valence-corrected chi connectivity index (χ3v) is 10.8. The summed E-state index contributed by atoms with van der Waals surface area (Å²) in [7, 11) is -3.65. The minimum absolute atomic E-state index is 0.0359. The monoisotopic (exact) mass is 699 g/mol. The number of carbonyl (C=O) groups is 4. The number of sulfone groups is 1. The molecular weight excluding hydrogens is 663 g/mol. The van der Waals surface area contributed by atoms with Crippen molar-refractivity contribution in [3.8, 4) is 0 Å². The highest BCUT2D eigenvalue weighted by Crippen LogP contribution is 2.32. The fraction of sp³-hybridized carbons (Fsp3) is 0.467. The van der Waals surface area contributed by atoms with E-state index in [1.807, 2.05) is 6.26 Å². The molecular formula is C30H36F3N5O7S2. The Hall–Kier alpha value is -3.99. The zero-order valence-corrected chi connectivity index (χ0v) is 27.1. The number of nitrogens with one attached hydrogen (secondary N) is 3. The summed E-state index contributed by atoms with van der Waals surface area (Å²) >= 11 is 1.49. The quantitative estimate of drug-likeness (QED) is 0.284. The molecule has 4 rings (SSSR count). The highest BCUT2D eigenvalue weighted by atomic mass is 32.2. The van der Waals surface area contributed by atoms with Gasteiger partial charge in [-0.15, -0.1) is 11.8 Å². The number of alkyl halides is 3. The van der Waals surface area contributed by atoms with Crippen molar-refractivity contribution < 1.29 is 45.9 Å². The van der Waals surface area contributed by atoms with Crippen molar-refractivity contribution in [3.63, 3.8) is 0 Å². The molecule has 256 valence electrons. The van der Waals surface area contributed by atoms with Crippen LogP contribution in [0.1, 0.15) is 41.6 Å². The Balaban J connectivity index is 1.40. The Labute approximate surface area is 274 Å². The molecule has 17 heteroatoms. The van der Waals surface area contributed by atoms with Crippen LogP contribution < -0.4 is 16.0 Å². The van der Waals surface area contributed by atoms with Gasteiger partial charge >= 0.3 is 18.3 Å². The number of carbonyl (C=O) groups excluding carboxylic acids is 3. The molecule has 4 N–H and O–H groups in total. The first kappa shape index (κ1) is 35.9. The van der Waals surface area contributed by atoms with Crippen LogP contribution in [0.3, 0.4) is 0 Å². The van der Waals surface area contributed by atoms with Gasteiger partial charge in [0.15, 0.2) is 9.84 Å². The Morgan fingerprint density at radius 1 is 0.957 bits per heavy atom. The molecule has 0 spiro atoms. The summed E-state index contributed by atoms with van der Waals surface area (Å²) in [6, 6.07) is 7.54. The molecule has 2 atom stereocenters. The second kappa shape index (κ2) is 15.3. The summed E-state index contributed by atoms with van der Waals surface area (Å²) in [6.07, 6.45) is -1.42. The highest BCUT2D eigenvalue weighted by molar-refractivity contribution is 7.98. The Kier molecular flexibility index (Phi) is 11.7. The number of anilines is 1. The van der Waals surface area contributed by atoms with Gasteiger partial charge in [0.1, 0.15) is 0 Å². The van der Waals surface area contributed by atoms with Crippen molar-refractivity contribution in [2.45, 2.75) is 47.7 Å². The van der Waals surface area contributed by atoms with E-state index in [4.69, 9.17) is 5.11 Å². The van der Waals surface area contributed by atoms with E-state index in [1.165, 1.54) is 16.7 Å². The first-order chi connectivity index (χ1) is 22.2. The van der Waals surface area contributed by atoms with E-state index in [0.29, 0.717) is 25.0 Å². The third-order valence-electron chi connectivity index (χ3n) is 8.19. The normalized spacial score (nSPS) is 18.7. The van der Waals surface area contributed by atoms with Gasteiger partial charge in [-0.2, -0.15) is 13.2 Å². The first-order valence-corrected chi connectivity index (χ1v) is 17.7. The van der Waals surface area contributed by atoms with Crippen molar-refractivity contribution >= 4 is 51.2 Å². The molecule has 2 fully saturated rings. The molecule has 2 aromatic carbocycles. The summed E-state index contributed by atoms with van der Waals surface area (Å²) < 4.78 is 66.8. The van der Waals surface area contributed by atoms with Gasteiger partial charge in [-0.3, -0.25) is 9.59 Å². The van der Waals surface area contributed by atoms with Gasteiger partial charge in [0, 0.05) is 37.1 Å². The predicted molar refractivity (Wildman–Crippen MR) is 168 cm³/mol. The standard InChI is InChI=1S/C30H36F3N5O7S2/c1-46-21-7-9-22(10-8-21)47(44,45)18-19-4-2-3-5-24(19)35-26(39)17-34-27(40)23-16-20(30(31,32)33)6-11-25(23)36-28(41)37-12-14-38(15-13-37)29(42)43/h6-11,16,19,24H,2-5,12-15,17-18H2,1H3,(H,34,40)(H,35,39)(H,36,41)(H,42,43)/t19-,24-/m0/s1. The lowest BCUT2D eigenvalue weighted by Crippen LogP contribution is -2.51. The molecule has 1 aliphatic heterocycles. The first-order valence-electron chi connectivity index (χ1n) is 14.9. The molecule has 0 bridgehead atoms. The maximum Gasteiger partial charge on any atom is 0.416 e. The number of halogens is 3. The average molecular weight is 700 g/mol. The van der Waals surface area contributed by atoms with Gasteiger partial charge < -0.3 is 30.9 Å². The van der Waals surface area contributed by atoms with Gasteiger partial charge in [-0.05, 0) is 67.5 Å². The molecule has 5 amide bonds. The van der Waals surface area contributed by atoms with Gasteiger partial charge in [0.2, 0.25) is 5.91 Å². The van der Waals surface area contributed by atoms with Crippen LogP contribution in [0.15, 0.2) is 52.3 Å². The number of carboxylic acid groups (broad SMARTS) is 1. The highest BCUT2D eigenvalue weighted by Gasteiger charge is 2.34. The molecule has 47 heavy (non-hydrogen) atoms. The molecule has 2 aromatic rings.